The Morgan fingerprint density at radius 2 is 1.68 bits per heavy atom. The largest absolute Gasteiger partial charge is 0.494 e. The van der Waals surface area contributed by atoms with E-state index in [-0.39, 0.29) is 18.3 Å². The van der Waals surface area contributed by atoms with Gasteiger partial charge in [-0.3, -0.25) is 0 Å². The quantitative estimate of drug-likeness (QED) is 0.753. The minimum Gasteiger partial charge on any atom is -0.463 e. The number of rotatable bonds is 1. The van der Waals surface area contributed by atoms with E-state index in [9.17, 15) is 0 Å². The van der Waals surface area contributed by atoms with Gasteiger partial charge in [0.15, 0.2) is 0 Å². The number of furan rings is 1. The molecule has 0 spiro atoms. The zero-order valence-corrected chi connectivity index (χ0v) is 13.1. The predicted octanol–water partition coefficient (Wildman–Crippen LogP) is 3.49. The van der Waals surface area contributed by atoms with Crippen LogP contribution in [0, 0.1) is 0 Å². The average Bonchev–Trinajstić information content (AvgIpc) is 2.82. The van der Waals surface area contributed by atoms with Crippen LogP contribution in [-0.2, 0) is 9.31 Å². The molecule has 1 aromatic carbocycles. The van der Waals surface area contributed by atoms with E-state index in [2.05, 4.69) is 43.6 Å². The van der Waals surface area contributed by atoms with E-state index in [0.29, 0.717) is 0 Å². The van der Waals surface area contributed by atoms with Gasteiger partial charge < -0.3 is 13.7 Å². The van der Waals surface area contributed by atoms with Gasteiger partial charge in [0.25, 0.3) is 0 Å². The Kier molecular flexibility index (Phi) is 2.86. The fourth-order valence-electron chi connectivity index (χ4n) is 2.18. The van der Waals surface area contributed by atoms with Crippen molar-refractivity contribution in [2.75, 3.05) is 0 Å². The van der Waals surface area contributed by atoms with E-state index in [1.165, 1.54) is 0 Å². The highest BCUT2D eigenvalue weighted by molar-refractivity contribution is 9.10. The van der Waals surface area contributed by atoms with Gasteiger partial charge in [0.2, 0.25) is 0 Å². The Hall–Kier alpha value is -0.775. The van der Waals surface area contributed by atoms with Crippen molar-refractivity contribution in [1.82, 2.24) is 0 Å². The summed E-state index contributed by atoms with van der Waals surface area (Å²) in [5.74, 6) is 0. The van der Waals surface area contributed by atoms with Gasteiger partial charge in [-0.1, -0.05) is 6.07 Å². The van der Waals surface area contributed by atoms with Gasteiger partial charge >= 0.3 is 7.12 Å². The average molecular weight is 323 g/mol. The molecule has 1 aliphatic rings. The third-order valence-electron chi connectivity index (χ3n) is 4.05. The zero-order valence-electron chi connectivity index (χ0n) is 11.5. The fraction of sp³-hybridized carbons (Fsp3) is 0.429. The standard InChI is InChI=1S/C14H16BBrO3/c1-13(2)14(3,4)19-15(18-13)10-7-9-5-6-17-12(9)11(16)8-10/h5-8H,1-4H3. The molecule has 3 rings (SSSR count). The molecular formula is C14H16BBrO3. The number of hydrogen-bond donors (Lipinski definition) is 0. The highest BCUT2D eigenvalue weighted by Gasteiger charge is 2.51. The second-order valence-corrected chi connectivity index (χ2v) is 6.78. The van der Waals surface area contributed by atoms with Crippen LogP contribution in [-0.4, -0.2) is 18.3 Å². The normalized spacial score (nSPS) is 21.2. The van der Waals surface area contributed by atoms with Crippen LogP contribution >= 0.6 is 15.9 Å². The third-order valence-corrected chi connectivity index (χ3v) is 4.64. The summed E-state index contributed by atoms with van der Waals surface area (Å²) in [4.78, 5) is 0. The molecule has 100 valence electrons. The Bertz CT molecular complexity index is 617. The van der Waals surface area contributed by atoms with Crippen LogP contribution in [0.1, 0.15) is 27.7 Å². The molecule has 0 atom stereocenters. The minimum absolute atomic E-state index is 0.324. The minimum atomic E-state index is -0.347. The molecule has 1 aliphatic heterocycles. The highest BCUT2D eigenvalue weighted by Crippen LogP contribution is 2.37. The monoisotopic (exact) mass is 322 g/mol. The molecule has 5 heteroatoms. The first-order chi connectivity index (χ1) is 8.80. The molecular weight excluding hydrogens is 307 g/mol. The van der Waals surface area contributed by atoms with E-state index in [4.69, 9.17) is 13.7 Å². The summed E-state index contributed by atoms with van der Waals surface area (Å²) < 4.78 is 18.4. The Balaban J connectivity index is 2.02. The molecule has 0 aliphatic carbocycles. The van der Waals surface area contributed by atoms with Crippen molar-refractivity contribution < 1.29 is 13.7 Å². The lowest BCUT2D eigenvalue weighted by atomic mass is 9.79. The second kappa shape index (κ2) is 4.11. The van der Waals surface area contributed by atoms with Gasteiger partial charge in [-0.15, -0.1) is 0 Å². The van der Waals surface area contributed by atoms with Crippen molar-refractivity contribution in [3.05, 3.63) is 28.9 Å². The van der Waals surface area contributed by atoms with Crippen molar-refractivity contribution in [1.29, 1.82) is 0 Å². The van der Waals surface area contributed by atoms with Crippen LogP contribution in [0.3, 0.4) is 0 Å². The van der Waals surface area contributed by atoms with Gasteiger partial charge in [-0.25, -0.2) is 0 Å². The summed E-state index contributed by atoms with van der Waals surface area (Å²) >= 11 is 3.53. The molecule has 0 N–H and O–H groups in total. The van der Waals surface area contributed by atoms with Crippen LogP contribution in [0.15, 0.2) is 33.4 Å². The molecule has 1 saturated heterocycles. The smallest absolute Gasteiger partial charge is 0.463 e. The Morgan fingerprint density at radius 3 is 2.32 bits per heavy atom. The maximum Gasteiger partial charge on any atom is 0.494 e. The summed E-state index contributed by atoms with van der Waals surface area (Å²) in [5, 5.41) is 1.04. The molecule has 0 amide bonds. The lowest BCUT2D eigenvalue weighted by Gasteiger charge is -2.32. The lowest BCUT2D eigenvalue weighted by Crippen LogP contribution is -2.41. The number of fused-ring (bicyclic) bond motifs is 1. The first kappa shape index (κ1) is 13.2. The van der Waals surface area contributed by atoms with E-state index in [0.717, 1.165) is 20.9 Å². The van der Waals surface area contributed by atoms with Gasteiger partial charge in [-0.05, 0) is 61.2 Å². The van der Waals surface area contributed by atoms with E-state index >= 15 is 0 Å². The molecule has 0 radical (unpaired) electrons. The van der Waals surface area contributed by atoms with Crippen molar-refractivity contribution in [2.45, 2.75) is 38.9 Å². The van der Waals surface area contributed by atoms with Crippen LogP contribution in [0.2, 0.25) is 0 Å². The van der Waals surface area contributed by atoms with E-state index in [1.54, 1.807) is 6.26 Å². The summed E-state index contributed by atoms with van der Waals surface area (Å²) in [6.07, 6.45) is 1.68. The maximum absolute atomic E-state index is 6.06. The van der Waals surface area contributed by atoms with Gasteiger partial charge in [-0.2, -0.15) is 0 Å². The third kappa shape index (κ3) is 2.04. The lowest BCUT2D eigenvalue weighted by molar-refractivity contribution is 0.00578. The Labute approximate surface area is 121 Å². The summed E-state index contributed by atoms with van der Waals surface area (Å²) in [7, 11) is -0.347. The first-order valence-electron chi connectivity index (χ1n) is 6.32. The second-order valence-electron chi connectivity index (χ2n) is 5.93. The van der Waals surface area contributed by atoms with Crippen molar-refractivity contribution in [3.8, 4) is 0 Å². The molecule has 2 heterocycles. The highest BCUT2D eigenvalue weighted by atomic mass is 79.9. The molecule has 3 nitrogen and oxygen atoms in total. The fourth-order valence-corrected chi connectivity index (χ4v) is 2.76. The molecule has 2 aromatic rings. The van der Waals surface area contributed by atoms with Gasteiger partial charge in [0.1, 0.15) is 5.58 Å². The maximum atomic E-state index is 6.06. The SMILES string of the molecule is CC1(C)OB(c2cc(Br)c3occc3c2)OC1(C)C. The number of halogens is 1. The number of hydrogen-bond acceptors (Lipinski definition) is 3. The summed E-state index contributed by atoms with van der Waals surface area (Å²) in [6.45, 7) is 8.22. The summed E-state index contributed by atoms with van der Waals surface area (Å²) in [5.41, 5.74) is 1.20. The van der Waals surface area contributed by atoms with Crippen molar-refractivity contribution >= 4 is 39.5 Å². The van der Waals surface area contributed by atoms with Gasteiger partial charge in [0.05, 0.1) is 21.9 Å². The van der Waals surface area contributed by atoms with Crippen molar-refractivity contribution in [3.63, 3.8) is 0 Å². The predicted molar refractivity (Wildman–Crippen MR) is 79.6 cm³/mol. The van der Waals surface area contributed by atoms with E-state index in [1.807, 2.05) is 18.2 Å². The molecule has 0 bridgehead atoms. The van der Waals surface area contributed by atoms with E-state index < -0.39 is 0 Å². The zero-order chi connectivity index (χ0) is 13.8. The van der Waals surface area contributed by atoms with Crippen LogP contribution < -0.4 is 5.46 Å². The topological polar surface area (TPSA) is 31.6 Å². The van der Waals surface area contributed by atoms with Gasteiger partial charge in [0, 0.05) is 5.39 Å². The molecule has 0 saturated carbocycles. The van der Waals surface area contributed by atoms with Crippen LogP contribution in [0.5, 0.6) is 0 Å². The van der Waals surface area contributed by atoms with Crippen LogP contribution in [0.4, 0.5) is 0 Å². The first-order valence-corrected chi connectivity index (χ1v) is 7.12. The van der Waals surface area contributed by atoms with Crippen molar-refractivity contribution in [2.24, 2.45) is 0 Å². The summed E-state index contributed by atoms with van der Waals surface area (Å²) in [6, 6.07) is 5.98. The molecule has 1 fully saturated rings. The number of benzene rings is 1. The molecule has 1 aromatic heterocycles. The Morgan fingerprint density at radius 1 is 1.05 bits per heavy atom. The molecule has 0 unspecified atom stereocenters. The van der Waals surface area contributed by atoms with Crippen LogP contribution in [0.25, 0.3) is 11.0 Å². The molecule has 19 heavy (non-hydrogen) atoms.